The Morgan fingerprint density at radius 3 is 2.50 bits per heavy atom. The van der Waals surface area contributed by atoms with Gasteiger partial charge in [-0.3, -0.25) is 0 Å². The van der Waals surface area contributed by atoms with E-state index in [1.54, 1.807) is 12.1 Å². The summed E-state index contributed by atoms with van der Waals surface area (Å²) in [6.45, 7) is 4.44. The van der Waals surface area contributed by atoms with Crippen LogP contribution in [0.1, 0.15) is 33.1 Å². The Bertz CT molecular complexity index is 491. The topological polar surface area (TPSA) is 21.3 Å². The molecule has 1 aliphatic rings. The van der Waals surface area contributed by atoms with Crippen LogP contribution in [0.25, 0.3) is 0 Å². The largest absolute Gasteiger partial charge is 0.488 e. The van der Waals surface area contributed by atoms with E-state index in [0.717, 1.165) is 23.7 Å². The van der Waals surface area contributed by atoms with Crippen molar-refractivity contribution in [3.63, 3.8) is 0 Å². The third-order valence-electron chi connectivity index (χ3n) is 4.69. The smallest absolute Gasteiger partial charge is 0.139 e. The van der Waals surface area contributed by atoms with Crippen LogP contribution in [0.3, 0.4) is 0 Å². The predicted octanol–water partition coefficient (Wildman–Crippen LogP) is 5.30. The summed E-state index contributed by atoms with van der Waals surface area (Å²) in [5.41, 5.74) is 0.178. The molecule has 0 heterocycles. The number of rotatable bonds is 5. The molecule has 1 saturated carbocycles. The SMILES string of the molecule is CCC1(CC)C(NC)CC1Oc1cc(Cl)c(Br)cc1Cl. The van der Waals surface area contributed by atoms with Gasteiger partial charge in [-0.05, 0) is 41.9 Å². The Morgan fingerprint density at radius 2 is 1.95 bits per heavy atom. The molecule has 1 aromatic carbocycles. The Morgan fingerprint density at radius 1 is 1.30 bits per heavy atom. The minimum Gasteiger partial charge on any atom is -0.488 e. The second-order valence-corrected chi connectivity index (χ2v) is 6.99. The number of hydrogen-bond donors (Lipinski definition) is 1. The first kappa shape index (κ1) is 16.4. The Labute approximate surface area is 139 Å². The maximum absolute atomic E-state index is 6.25. The average Bonchev–Trinajstić information content (AvgIpc) is 2.41. The molecular weight excluding hydrogens is 361 g/mol. The number of hydrogen-bond acceptors (Lipinski definition) is 2. The zero-order valence-electron chi connectivity index (χ0n) is 12.0. The molecule has 2 nitrogen and oxygen atoms in total. The van der Waals surface area contributed by atoms with Gasteiger partial charge in [0.05, 0.1) is 10.0 Å². The molecule has 0 saturated heterocycles. The minimum absolute atomic E-state index is 0.178. The molecule has 1 N–H and O–H groups in total. The zero-order chi connectivity index (χ0) is 14.9. The van der Waals surface area contributed by atoms with E-state index in [9.17, 15) is 0 Å². The van der Waals surface area contributed by atoms with Crippen LogP contribution in [0.4, 0.5) is 0 Å². The molecule has 2 atom stereocenters. The molecule has 1 aromatic rings. The molecular formula is C15H20BrCl2NO. The molecule has 0 bridgehead atoms. The van der Waals surface area contributed by atoms with E-state index in [4.69, 9.17) is 27.9 Å². The molecule has 0 radical (unpaired) electrons. The summed E-state index contributed by atoms with van der Waals surface area (Å²) in [4.78, 5) is 0. The number of ether oxygens (including phenoxy) is 1. The Kier molecular flexibility index (Phi) is 5.28. The quantitative estimate of drug-likeness (QED) is 0.699. The van der Waals surface area contributed by atoms with Crippen molar-refractivity contribution < 1.29 is 4.74 Å². The van der Waals surface area contributed by atoms with Gasteiger partial charge in [-0.2, -0.15) is 0 Å². The molecule has 1 fully saturated rings. The van der Waals surface area contributed by atoms with Crippen LogP contribution in [-0.2, 0) is 0 Å². The van der Waals surface area contributed by atoms with E-state index >= 15 is 0 Å². The fraction of sp³-hybridized carbons (Fsp3) is 0.600. The van der Waals surface area contributed by atoms with Gasteiger partial charge in [0.1, 0.15) is 11.9 Å². The lowest BCUT2D eigenvalue weighted by Crippen LogP contribution is -2.63. The van der Waals surface area contributed by atoms with E-state index in [-0.39, 0.29) is 11.5 Å². The zero-order valence-corrected chi connectivity index (χ0v) is 15.1. The van der Waals surface area contributed by atoms with Crippen molar-refractivity contribution in [1.82, 2.24) is 5.32 Å². The van der Waals surface area contributed by atoms with Crippen LogP contribution in [0.15, 0.2) is 16.6 Å². The normalized spacial score (nSPS) is 24.3. The van der Waals surface area contributed by atoms with Gasteiger partial charge < -0.3 is 10.1 Å². The number of halogens is 3. The van der Waals surface area contributed by atoms with Crippen LogP contribution >= 0.6 is 39.1 Å². The maximum atomic E-state index is 6.25. The van der Waals surface area contributed by atoms with Crippen molar-refractivity contribution in [3.05, 3.63) is 26.7 Å². The minimum atomic E-state index is 0.178. The van der Waals surface area contributed by atoms with E-state index in [2.05, 4.69) is 35.1 Å². The Hall–Kier alpha value is 0.0400. The summed E-state index contributed by atoms with van der Waals surface area (Å²) >= 11 is 15.7. The lowest BCUT2D eigenvalue weighted by molar-refractivity contribution is -0.0835. The van der Waals surface area contributed by atoms with Crippen molar-refractivity contribution >= 4 is 39.1 Å². The second-order valence-electron chi connectivity index (χ2n) is 5.32. The molecule has 20 heavy (non-hydrogen) atoms. The standard InChI is InChI=1S/C15H20BrCl2NO/c1-4-15(5-2)13(19-3)8-14(15)20-12-7-10(17)9(16)6-11(12)18/h6-7,13-14,19H,4-5,8H2,1-3H3. The molecule has 112 valence electrons. The van der Waals surface area contributed by atoms with E-state index < -0.39 is 0 Å². The molecule has 2 rings (SSSR count). The van der Waals surface area contributed by atoms with Crippen LogP contribution < -0.4 is 10.1 Å². The predicted molar refractivity (Wildman–Crippen MR) is 89.1 cm³/mol. The van der Waals surface area contributed by atoms with Crippen LogP contribution in [0.2, 0.25) is 10.0 Å². The van der Waals surface area contributed by atoms with Crippen LogP contribution in [-0.4, -0.2) is 19.2 Å². The van der Waals surface area contributed by atoms with Crippen LogP contribution in [0, 0.1) is 5.41 Å². The molecule has 0 spiro atoms. The van der Waals surface area contributed by atoms with Gasteiger partial charge in [-0.1, -0.05) is 37.0 Å². The summed E-state index contributed by atoms with van der Waals surface area (Å²) in [6.07, 6.45) is 3.36. The van der Waals surface area contributed by atoms with Gasteiger partial charge in [0.15, 0.2) is 0 Å². The molecule has 0 amide bonds. The van der Waals surface area contributed by atoms with Crippen molar-refractivity contribution in [2.75, 3.05) is 7.05 Å². The summed E-state index contributed by atoms with van der Waals surface area (Å²) in [5, 5.41) is 4.61. The number of benzene rings is 1. The summed E-state index contributed by atoms with van der Waals surface area (Å²) in [5.74, 6) is 0.672. The first-order chi connectivity index (χ1) is 9.48. The van der Waals surface area contributed by atoms with Crippen molar-refractivity contribution in [1.29, 1.82) is 0 Å². The third-order valence-corrected chi connectivity index (χ3v) is 6.19. The van der Waals surface area contributed by atoms with Gasteiger partial charge in [0, 0.05) is 28.4 Å². The van der Waals surface area contributed by atoms with Crippen LogP contribution in [0.5, 0.6) is 5.75 Å². The lowest BCUT2D eigenvalue weighted by atomic mass is 9.58. The molecule has 1 aliphatic carbocycles. The summed E-state index contributed by atoms with van der Waals surface area (Å²) < 4.78 is 6.96. The van der Waals surface area contributed by atoms with Crippen molar-refractivity contribution in [2.24, 2.45) is 5.41 Å². The highest BCUT2D eigenvalue weighted by molar-refractivity contribution is 9.10. The average molecular weight is 381 g/mol. The highest BCUT2D eigenvalue weighted by Crippen LogP contribution is 2.49. The first-order valence-electron chi connectivity index (χ1n) is 6.97. The third kappa shape index (κ3) is 2.70. The van der Waals surface area contributed by atoms with Gasteiger partial charge in [0.25, 0.3) is 0 Å². The highest BCUT2D eigenvalue weighted by Gasteiger charge is 2.53. The molecule has 0 aromatic heterocycles. The maximum Gasteiger partial charge on any atom is 0.139 e. The molecule has 0 aliphatic heterocycles. The molecule has 5 heteroatoms. The van der Waals surface area contributed by atoms with E-state index in [1.165, 1.54) is 0 Å². The fourth-order valence-corrected chi connectivity index (χ4v) is 4.10. The van der Waals surface area contributed by atoms with E-state index in [1.807, 2.05) is 7.05 Å². The summed E-state index contributed by atoms with van der Waals surface area (Å²) in [6, 6.07) is 4.08. The van der Waals surface area contributed by atoms with Crippen molar-refractivity contribution in [2.45, 2.75) is 45.3 Å². The van der Waals surface area contributed by atoms with Gasteiger partial charge in [-0.25, -0.2) is 0 Å². The monoisotopic (exact) mass is 379 g/mol. The highest BCUT2D eigenvalue weighted by atomic mass is 79.9. The Balaban J connectivity index is 2.21. The first-order valence-corrected chi connectivity index (χ1v) is 8.51. The van der Waals surface area contributed by atoms with Gasteiger partial charge in [0.2, 0.25) is 0 Å². The summed E-state index contributed by atoms with van der Waals surface area (Å²) in [7, 11) is 2.02. The van der Waals surface area contributed by atoms with E-state index in [0.29, 0.717) is 21.8 Å². The lowest BCUT2D eigenvalue weighted by Gasteiger charge is -2.55. The second kappa shape index (κ2) is 6.43. The molecule has 2 unspecified atom stereocenters. The van der Waals surface area contributed by atoms with Gasteiger partial charge in [-0.15, -0.1) is 0 Å². The van der Waals surface area contributed by atoms with Crippen molar-refractivity contribution in [3.8, 4) is 5.75 Å². The number of nitrogens with one attached hydrogen (secondary N) is 1. The fourth-order valence-electron chi connectivity index (χ4n) is 3.26. The van der Waals surface area contributed by atoms with Gasteiger partial charge >= 0.3 is 0 Å².